The Labute approximate surface area is 204 Å². The first-order chi connectivity index (χ1) is 16.2. The van der Waals surface area contributed by atoms with Crippen molar-refractivity contribution >= 4 is 5.97 Å². The zero-order valence-electron chi connectivity index (χ0n) is 22.1. The highest BCUT2D eigenvalue weighted by molar-refractivity contribution is 5.69. The number of hydrogen-bond acceptors (Lipinski definition) is 6. The summed E-state index contributed by atoms with van der Waals surface area (Å²) in [5.74, 6) is 0.416. The summed E-state index contributed by atoms with van der Waals surface area (Å²) in [6.07, 6.45) is 15.5. The highest BCUT2D eigenvalue weighted by Gasteiger charge is 2.03. The maximum Gasteiger partial charge on any atom is 0.305 e. The van der Waals surface area contributed by atoms with E-state index >= 15 is 0 Å². The summed E-state index contributed by atoms with van der Waals surface area (Å²) in [5.41, 5.74) is 0. The molecule has 0 aromatic heterocycles. The summed E-state index contributed by atoms with van der Waals surface area (Å²) >= 11 is 0. The van der Waals surface area contributed by atoms with Gasteiger partial charge in [-0.1, -0.05) is 78.6 Å². The second-order valence-electron chi connectivity index (χ2n) is 9.14. The van der Waals surface area contributed by atoms with Crippen molar-refractivity contribution in [3.8, 4) is 0 Å². The summed E-state index contributed by atoms with van der Waals surface area (Å²) in [6, 6.07) is 0. The van der Waals surface area contributed by atoms with E-state index in [-0.39, 0.29) is 5.97 Å². The molecule has 0 aliphatic rings. The number of ether oxygens (including phenoxy) is 5. The van der Waals surface area contributed by atoms with Crippen molar-refractivity contribution in [2.75, 3.05) is 59.5 Å². The van der Waals surface area contributed by atoms with Gasteiger partial charge in [0, 0.05) is 19.6 Å². The van der Waals surface area contributed by atoms with Gasteiger partial charge in [-0.2, -0.15) is 0 Å². The highest BCUT2D eigenvalue weighted by atomic mass is 16.6. The molecule has 0 aromatic rings. The smallest absolute Gasteiger partial charge is 0.305 e. The Balaban J connectivity index is 3.08. The van der Waals surface area contributed by atoms with Crippen LogP contribution in [0.4, 0.5) is 0 Å². The van der Waals surface area contributed by atoms with Crippen LogP contribution in [0.3, 0.4) is 0 Å². The van der Waals surface area contributed by atoms with Crippen molar-refractivity contribution in [1.82, 2.24) is 0 Å². The first-order valence-corrected chi connectivity index (χ1v) is 13.6. The fourth-order valence-electron chi connectivity index (χ4n) is 3.25. The Morgan fingerprint density at radius 1 is 0.545 bits per heavy atom. The number of unbranched alkanes of at least 4 members (excludes halogenated alkanes) is 9. The van der Waals surface area contributed by atoms with Crippen LogP contribution in [0.2, 0.25) is 0 Å². The molecule has 0 amide bonds. The molecule has 6 nitrogen and oxygen atoms in total. The van der Waals surface area contributed by atoms with Crippen LogP contribution in [-0.4, -0.2) is 65.4 Å². The van der Waals surface area contributed by atoms with Crippen LogP contribution in [0, 0.1) is 5.92 Å². The second-order valence-corrected chi connectivity index (χ2v) is 9.14. The normalized spacial score (nSPS) is 11.4. The molecule has 33 heavy (non-hydrogen) atoms. The van der Waals surface area contributed by atoms with Gasteiger partial charge in [0.25, 0.3) is 0 Å². The monoisotopic (exact) mass is 474 g/mol. The Morgan fingerprint density at radius 3 is 1.45 bits per heavy atom. The minimum Gasteiger partial charge on any atom is -0.466 e. The van der Waals surface area contributed by atoms with Crippen molar-refractivity contribution < 1.29 is 28.5 Å². The fraction of sp³-hybridized carbons (Fsp3) is 0.963. The summed E-state index contributed by atoms with van der Waals surface area (Å²) in [4.78, 5) is 11.5. The van der Waals surface area contributed by atoms with Crippen molar-refractivity contribution in [3.63, 3.8) is 0 Å². The molecule has 0 bridgehead atoms. The van der Waals surface area contributed by atoms with Crippen molar-refractivity contribution in [1.29, 1.82) is 0 Å². The summed E-state index contributed by atoms with van der Waals surface area (Å²) < 4.78 is 27.2. The number of rotatable bonds is 27. The predicted molar refractivity (Wildman–Crippen MR) is 135 cm³/mol. The van der Waals surface area contributed by atoms with Crippen molar-refractivity contribution in [2.45, 2.75) is 104 Å². The van der Waals surface area contributed by atoms with Gasteiger partial charge in [0.2, 0.25) is 0 Å². The molecule has 0 saturated carbocycles. The molecular weight excluding hydrogens is 420 g/mol. The molecule has 0 unspecified atom stereocenters. The molecule has 6 heteroatoms. The number of carbonyl (C=O) groups is 1. The Kier molecular flexibility index (Phi) is 27.0. The van der Waals surface area contributed by atoms with Gasteiger partial charge >= 0.3 is 5.97 Å². The van der Waals surface area contributed by atoms with E-state index in [0.717, 1.165) is 19.4 Å². The molecule has 0 N–H and O–H groups in total. The van der Waals surface area contributed by atoms with Crippen LogP contribution in [0.25, 0.3) is 0 Å². The first-order valence-electron chi connectivity index (χ1n) is 13.6. The molecule has 0 aliphatic heterocycles. The van der Waals surface area contributed by atoms with Gasteiger partial charge in [0.15, 0.2) is 0 Å². The molecule has 198 valence electrons. The number of carbonyl (C=O) groups excluding carboxylic acids is 1. The van der Waals surface area contributed by atoms with Crippen LogP contribution in [0.5, 0.6) is 0 Å². The van der Waals surface area contributed by atoms with Crippen LogP contribution in [-0.2, 0) is 28.5 Å². The number of hydrogen-bond donors (Lipinski definition) is 0. The van der Waals surface area contributed by atoms with Gasteiger partial charge in [-0.3, -0.25) is 4.79 Å². The molecule has 0 heterocycles. The van der Waals surface area contributed by atoms with Crippen LogP contribution < -0.4 is 0 Å². The molecule has 0 fully saturated rings. The van der Waals surface area contributed by atoms with Crippen LogP contribution in [0.1, 0.15) is 104 Å². The zero-order valence-corrected chi connectivity index (χ0v) is 22.1. The second kappa shape index (κ2) is 27.6. The maximum absolute atomic E-state index is 11.5. The van der Waals surface area contributed by atoms with Gasteiger partial charge in [0.1, 0.15) is 0 Å². The average Bonchev–Trinajstić information content (AvgIpc) is 2.79. The van der Waals surface area contributed by atoms with E-state index in [1.807, 2.05) is 0 Å². The molecule has 0 saturated heterocycles. The third kappa shape index (κ3) is 29.3. The fourth-order valence-corrected chi connectivity index (χ4v) is 3.25. The molecule has 0 atom stereocenters. The molecule has 0 aliphatic carbocycles. The SMILES string of the molecule is CCCCCCCCCCCCOCCOCCOCCOCCCC(=O)OCCC(C)C. The largest absolute Gasteiger partial charge is 0.466 e. The lowest BCUT2D eigenvalue weighted by atomic mass is 10.1. The summed E-state index contributed by atoms with van der Waals surface area (Å²) in [5, 5.41) is 0. The lowest BCUT2D eigenvalue weighted by molar-refractivity contribution is -0.144. The topological polar surface area (TPSA) is 63.2 Å². The van der Waals surface area contributed by atoms with Gasteiger partial charge in [-0.25, -0.2) is 0 Å². The van der Waals surface area contributed by atoms with Crippen LogP contribution in [0.15, 0.2) is 0 Å². The predicted octanol–water partition coefficient (Wildman–Crippen LogP) is 6.34. The minimum atomic E-state index is -0.139. The molecule has 0 rings (SSSR count). The Hall–Kier alpha value is -0.690. The molecular formula is C27H54O6. The van der Waals surface area contributed by atoms with E-state index in [4.69, 9.17) is 23.7 Å². The van der Waals surface area contributed by atoms with Crippen molar-refractivity contribution in [2.24, 2.45) is 5.92 Å². The third-order valence-electron chi connectivity index (χ3n) is 5.39. The van der Waals surface area contributed by atoms with Gasteiger partial charge in [-0.05, 0) is 25.2 Å². The zero-order chi connectivity index (χ0) is 24.2. The van der Waals surface area contributed by atoms with E-state index in [9.17, 15) is 4.79 Å². The first kappa shape index (κ1) is 32.3. The highest BCUT2D eigenvalue weighted by Crippen LogP contribution is 2.10. The van der Waals surface area contributed by atoms with E-state index < -0.39 is 0 Å². The van der Waals surface area contributed by atoms with E-state index in [1.54, 1.807) is 0 Å². The Bertz CT molecular complexity index is 389. The lowest BCUT2D eigenvalue weighted by Gasteiger charge is -2.08. The number of esters is 1. The van der Waals surface area contributed by atoms with E-state index in [0.29, 0.717) is 71.6 Å². The minimum absolute atomic E-state index is 0.139. The summed E-state index contributed by atoms with van der Waals surface area (Å²) in [6.45, 7) is 11.9. The maximum atomic E-state index is 11.5. The average molecular weight is 475 g/mol. The molecule has 0 radical (unpaired) electrons. The lowest BCUT2D eigenvalue weighted by Crippen LogP contribution is -2.13. The van der Waals surface area contributed by atoms with E-state index in [2.05, 4.69) is 20.8 Å². The van der Waals surface area contributed by atoms with Gasteiger partial charge < -0.3 is 23.7 Å². The standard InChI is InChI=1S/C27H54O6/c1-4-5-6-7-8-9-10-11-12-13-17-29-20-22-31-24-25-32-23-21-30-18-14-15-27(28)33-19-16-26(2)3/h26H,4-25H2,1-3H3. The Morgan fingerprint density at radius 2 is 0.970 bits per heavy atom. The van der Waals surface area contributed by atoms with Gasteiger partial charge in [0.05, 0.1) is 46.2 Å². The summed E-state index contributed by atoms with van der Waals surface area (Å²) in [7, 11) is 0. The quantitative estimate of drug-likeness (QED) is 0.102. The third-order valence-corrected chi connectivity index (χ3v) is 5.39. The van der Waals surface area contributed by atoms with Crippen molar-refractivity contribution in [3.05, 3.63) is 0 Å². The van der Waals surface area contributed by atoms with Crippen LogP contribution >= 0.6 is 0 Å². The van der Waals surface area contributed by atoms with Gasteiger partial charge in [-0.15, -0.1) is 0 Å². The molecule has 0 spiro atoms. The van der Waals surface area contributed by atoms with E-state index in [1.165, 1.54) is 57.8 Å². The molecule has 0 aromatic carbocycles.